The summed E-state index contributed by atoms with van der Waals surface area (Å²) in [5, 5.41) is 13.5. The summed E-state index contributed by atoms with van der Waals surface area (Å²) in [6, 6.07) is 8.55. The van der Waals surface area contributed by atoms with Gasteiger partial charge in [-0.15, -0.1) is 0 Å². The molecule has 3 rings (SSSR count). The fraction of sp³-hybridized carbons (Fsp3) is 0.619. The number of hydrogen-bond donors (Lipinski definition) is 2. The Hall–Kier alpha value is -1.16. The zero-order chi connectivity index (χ0) is 16.6. The normalized spacial score (nSPS) is 21.9. The van der Waals surface area contributed by atoms with Gasteiger partial charge >= 0.3 is 0 Å². The van der Waals surface area contributed by atoms with E-state index in [9.17, 15) is 5.11 Å². The number of allylic oxidation sites excluding steroid dienone is 1. The maximum Gasteiger partial charge on any atom is 0.0897 e. The second-order valence-electron chi connectivity index (χ2n) is 7.13. The first-order valence-electron chi connectivity index (χ1n) is 9.59. The second-order valence-corrected chi connectivity index (χ2v) is 7.13. The number of fused-ring (bicyclic) bond motifs is 1. The average molecular weight is 329 g/mol. The molecule has 0 unspecified atom stereocenters. The number of hydrogen-bond acceptors (Lipinski definition) is 3. The summed E-state index contributed by atoms with van der Waals surface area (Å²) >= 11 is 0. The predicted molar refractivity (Wildman–Crippen MR) is 98.1 cm³/mol. The maximum absolute atomic E-state index is 10.2. The zero-order valence-electron chi connectivity index (χ0n) is 14.7. The Kier molecular flexibility index (Phi) is 6.88. The molecule has 2 aliphatic carbocycles. The molecule has 0 spiro atoms. The highest BCUT2D eigenvalue weighted by Gasteiger charge is 2.21. The molecule has 1 aromatic rings. The number of ether oxygens (including phenoxy) is 1. The minimum absolute atomic E-state index is 0.150. The molecule has 0 saturated carbocycles. The summed E-state index contributed by atoms with van der Waals surface area (Å²) in [6.45, 7) is 1.98. The lowest BCUT2D eigenvalue weighted by Gasteiger charge is -2.26. The van der Waals surface area contributed by atoms with Crippen LogP contribution in [0, 0.1) is 0 Å². The van der Waals surface area contributed by atoms with Gasteiger partial charge in [0, 0.05) is 6.54 Å². The Balaban J connectivity index is 1.34. The molecular formula is C21H31NO2. The van der Waals surface area contributed by atoms with Crippen LogP contribution in [0.1, 0.15) is 62.2 Å². The Morgan fingerprint density at radius 1 is 1.17 bits per heavy atom. The minimum atomic E-state index is -0.431. The molecule has 3 heteroatoms. The van der Waals surface area contributed by atoms with Gasteiger partial charge in [-0.2, -0.15) is 0 Å². The van der Waals surface area contributed by atoms with E-state index in [1.165, 1.54) is 43.2 Å². The molecule has 2 N–H and O–H groups in total. The minimum Gasteiger partial charge on any atom is -0.389 e. The van der Waals surface area contributed by atoms with E-state index in [2.05, 4.69) is 35.7 Å². The van der Waals surface area contributed by atoms with Crippen molar-refractivity contribution in [2.75, 3.05) is 19.7 Å². The topological polar surface area (TPSA) is 41.5 Å². The maximum atomic E-state index is 10.2. The van der Waals surface area contributed by atoms with Gasteiger partial charge in [-0.1, -0.05) is 35.9 Å². The van der Waals surface area contributed by atoms with Gasteiger partial charge < -0.3 is 15.2 Å². The molecule has 132 valence electrons. The number of rotatable bonds is 8. The van der Waals surface area contributed by atoms with Crippen molar-refractivity contribution in [3.8, 4) is 0 Å². The van der Waals surface area contributed by atoms with E-state index in [4.69, 9.17) is 4.74 Å². The number of aryl methyl sites for hydroxylation is 1. The van der Waals surface area contributed by atoms with Gasteiger partial charge in [0.05, 0.1) is 18.8 Å². The first kappa shape index (κ1) is 17.7. The first-order chi connectivity index (χ1) is 11.8. The van der Waals surface area contributed by atoms with E-state index < -0.39 is 6.10 Å². The van der Waals surface area contributed by atoms with Gasteiger partial charge in [0.15, 0.2) is 0 Å². The third kappa shape index (κ3) is 5.17. The highest BCUT2D eigenvalue weighted by Crippen LogP contribution is 2.32. The molecule has 0 fully saturated rings. The largest absolute Gasteiger partial charge is 0.389 e. The molecule has 1 aromatic carbocycles. The summed E-state index contributed by atoms with van der Waals surface area (Å²) in [7, 11) is 0. The molecule has 0 saturated heterocycles. The highest BCUT2D eigenvalue weighted by molar-refractivity contribution is 5.31. The van der Waals surface area contributed by atoms with Crippen molar-refractivity contribution >= 4 is 0 Å². The molecule has 0 aromatic heterocycles. The molecule has 24 heavy (non-hydrogen) atoms. The van der Waals surface area contributed by atoms with Crippen molar-refractivity contribution < 1.29 is 9.84 Å². The van der Waals surface area contributed by atoms with Crippen LogP contribution in [-0.4, -0.2) is 30.9 Å². The van der Waals surface area contributed by atoms with Gasteiger partial charge in [0.1, 0.15) is 0 Å². The van der Waals surface area contributed by atoms with Crippen LogP contribution in [0.4, 0.5) is 0 Å². The van der Waals surface area contributed by atoms with Crippen molar-refractivity contribution in [3.63, 3.8) is 0 Å². The average Bonchev–Trinajstić information content (AvgIpc) is 2.64. The van der Waals surface area contributed by atoms with Gasteiger partial charge in [-0.25, -0.2) is 0 Å². The molecule has 0 heterocycles. The molecular weight excluding hydrogens is 298 g/mol. The monoisotopic (exact) mass is 329 g/mol. The quantitative estimate of drug-likeness (QED) is 0.561. The molecule has 0 bridgehead atoms. The third-order valence-electron chi connectivity index (χ3n) is 5.19. The van der Waals surface area contributed by atoms with Crippen molar-refractivity contribution in [2.45, 2.75) is 63.6 Å². The second kappa shape index (κ2) is 9.36. The number of nitrogens with one attached hydrogen (secondary N) is 1. The number of aliphatic hydroxyl groups is 1. The molecule has 2 atom stereocenters. The van der Waals surface area contributed by atoms with Crippen LogP contribution in [0.15, 0.2) is 35.9 Å². The SMILES string of the molecule is O[C@H](CNCCC1=CCCCC1)CO[C@@H]1CCCc2ccccc21. The van der Waals surface area contributed by atoms with Crippen molar-refractivity contribution in [1.29, 1.82) is 0 Å². The molecule has 0 aliphatic heterocycles. The number of aliphatic hydroxyl groups excluding tert-OH is 1. The van der Waals surface area contributed by atoms with Crippen LogP contribution in [0.2, 0.25) is 0 Å². The van der Waals surface area contributed by atoms with Gasteiger partial charge in [-0.05, 0) is 69.0 Å². The molecule has 3 nitrogen and oxygen atoms in total. The van der Waals surface area contributed by atoms with Crippen LogP contribution in [0.3, 0.4) is 0 Å². The highest BCUT2D eigenvalue weighted by atomic mass is 16.5. The lowest BCUT2D eigenvalue weighted by molar-refractivity contribution is -0.0166. The van der Waals surface area contributed by atoms with E-state index in [0.29, 0.717) is 13.2 Å². The Labute approximate surface area is 146 Å². The van der Waals surface area contributed by atoms with E-state index >= 15 is 0 Å². The van der Waals surface area contributed by atoms with Crippen LogP contribution >= 0.6 is 0 Å². The Morgan fingerprint density at radius 2 is 2.08 bits per heavy atom. The van der Waals surface area contributed by atoms with Crippen LogP contribution < -0.4 is 5.32 Å². The number of benzene rings is 1. The smallest absolute Gasteiger partial charge is 0.0897 e. The van der Waals surface area contributed by atoms with Crippen LogP contribution in [0.25, 0.3) is 0 Å². The Bertz CT molecular complexity index is 540. The van der Waals surface area contributed by atoms with E-state index in [-0.39, 0.29) is 6.10 Å². The van der Waals surface area contributed by atoms with E-state index in [1.54, 1.807) is 5.57 Å². The summed E-state index contributed by atoms with van der Waals surface area (Å²) in [5.74, 6) is 0. The Morgan fingerprint density at radius 3 is 2.96 bits per heavy atom. The van der Waals surface area contributed by atoms with Crippen LogP contribution in [0.5, 0.6) is 0 Å². The first-order valence-corrected chi connectivity index (χ1v) is 9.59. The summed E-state index contributed by atoms with van der Waals surface area (Å²) < 4.78 is 6.02. The fourth-order valence-corrected chi connectivity index (χ4v) is 3.82. The van der Waals surface area contributed by atoms with E-state index in [0.717, 1.165) is 25.8 Å². The van der Waals surface area contributed by atoms with Crippen LogP contribution in [-0.2, 0) is 11.2 Å². The molecule has 0 radical (unpaired) electrons. The van der Waals surface area contributed by atoms with Gasteiger partial charge in [0.25, 0.3) is 0 Å². The predicted octanol–water partition coefficient (Wildman–Crippen LogP) is 3.92. The van der Waals surface area contributed by atoms with Gasteiger partial charge in [0.2, 0.25) is 0 Å². The lowest BCUT2D eigenvalue weighted by Crippen LogP contribution is -2.32. The van der Waals surface area contributed by atoms with Gasteiger partial charge in [-0.3, -0.25) is 0 Å². The van der Waals surface area contributed by atoms with Crippen molar-refractivity contribution in [2.24, 2.45) is 0 Å². The zero-order valence-corrected chi connectivity index (χ0v) is 14.7. The lowest BCUT2D eigenvalue weighted by atomic mass is 9.89. The standard InChI is InChI=1S/C21H31NO2/c23-19(15-22-14-13-17-7-2-1-3-8-17)16-24-21-12-6-10-18-9-4-5-11-20(18)21/h4-5,7,9,11,19,21-23H,1-3,6,8,10,12-16H2/t19-,21-/m1/s1. The van der Waals surface area contributed by atoms with Crippen molar-refractivity contribution in [1.82, 2.24) is 5.32 Å². The summed E-state index contributed by atoms with van der Waals surface area (Å²) in [6.07, 6.45) is 11.8. The molecule has 0 amide bonds. The summed E-state index contributed by atoms with van der Waals surface area (Å²) in [5.41, 5.74) is 4.30. The fourth-order valence-electron chi connectivity index (χ4n) is 3.82. The van der Waals surface area contributed by atoms with E-state index in [1.807, 2.05) is 0 Å². The third-order valence-corrected chi connectivity index (χ3v) is 5.19. The molecule has 2 aliphatic rings. The van der Waals surface area contributed by atoms with Crippen molar-refractivity contribution in [3.05, 3.63) is 47.0 Å². The summed E-state index contributed by atoms with van der Waals surface area (Å²) in [4.78, 5) is 0.